The molecule has 0 heterocycles. The van der Waals surface area contributed by atoms with Crippen LogP contribution in [0.25, 0.3) is 0 Å². The molecule has 132 valence electrons. The maximum atomic E-state index is 5.87. The fourth-order valence-electron chi connectivity index (χ4n) is 2.86. The van der Waals surface area contributed by atoms with Gasteiger partial charge in [-0.05, 0) is 67.3 Å². The van der Waals surface area contributed by atoms with Gasteiger partial charge in [-0.25, -0.2) is 0 Å². The van der Waals surface area contributed by atoms with E-state index >= 15 is 0 Å². The highest BCUT2D eigenvalue weighted by Crippen LogP contribution is 2.23. The third-order valence-electron chi connectivity index (χ3n) is 4.33. The number of thiocarbonyl (C=S) groups is 2. The molecule has 1 fully saturated rings. The van der Waals surface area contributed by atoms with E-state index in [2.05, 4.69) is 28.4 Å². The van der Waals surface area contributed by atoms with Crippen LogP contribution in [0.2, 0.25) is 5.02 Å². The van der Waals surface area contributed by atoms with Crippen LogP contribution in [0.1, 0.15) is 38.2 Å². The molecule has 2 rings (SSSR count). The molecular weight excluding hydrogens is 360 g/mol. The summed E-state index contributed by atoms with van der Waals surface area (Å²) in [5.74, 6) is 0.656. The van der Waals surface area contributed by atoms with Gasteiger partial charge in [-0.1, -0.05) is 43.5 Å². The number of benzene rings is 1. The van der Waals surface area contributed by atoms with E-state index in [1.54, 1.807) is 0 Å². The molecule has 1 aliphatic carbocycles. The summed E-state index contributed by atoms with van der Waals surface area (Å²) in [6.45, 7) is 3.02. The van der Waals surface area contributed by atoms with Gasteiger partial charge in [0.2, 0.25) is 0 Å². The Kier molecular flexibility index (Phi) is 8.02. The molecule has 1 saturated carbocycles. The van der Waals surface area contributed by atoms with Crippen LogP contribution in [0, 0.1) is 5.92 Å². The van der Waals surface area contributed by atoms with E-state index < -0.39 is 0 Å². The first-order valence-electron chi connectivity index (χ1n) is 8.39. The SMILES string of the molecule is C[C@@H]1CCCC[C@H]1NC(=S)NNC(=S)NCCc1ccc(Cl)cc1. The number of hydrogen-bond acceptors (Lipinski definition) is 2. The third kappa shape index (κ3) is 6.79. The third-order valence-corrected chi connectivity index (χ3v) is 5.05. The smallest absolute Gasteiger partial charge is 0.185 e. The monoisotopic (exact) mass is 384 g/mol. The van der Waals surface area contributed by atoms with Gasteiger partial charge in [0, 0.05) is 17.6 Å². The van der Waals surface area contributed by atoms with Crippen LogP contribution in [-0.4, -0.2) is 22.8 Å². The Hall–Kier alpha value is -1.11. The van der Waals surface area contributed by atoms with Gasteiger partial charge in [0.25, 0.3) is 0 Å². The van der Waals surface area contributed by atoms with Gasteiger partial charge in [0.15, 0.2) is 10.2 Å². The fraction of sp³-hybridized carbons (Fsp3) is 0.529. The lowest BCUT2D eigenvalue weighted by Crippen LogP contribution is -2.53. The first kappa shape index (κ1) is 19.2. The Labute approximate surface area is 160 Å². The molecule has 0 spiro atoms. The number of hydrazine groups is 1. The largest absolute Gasteiger partial charge is 0.361 e. The van der Waals surface area contributed by atoms with Crippen LogP contribution >= 0.6 is 36.0 Å². The van der Waals surface area contributed by atoms with E-state index in [4.69, 9.17) is 36.0 Å². The lowest BCUT2D eigenvalue weighted by atomic mass is 9.86. The van der Waals surface area contributed by atoms with Gasteiger partial charge in [0.05, 0.1) is 0 Å². The standard InChI is InChI=1S/C17H25ClN4S2/c1-12-4-2-3-5-15(12)20-17(24)22-21-16(23)19-11-10-13-6-8-14(18)9-7-13/h6-9,12,15H,2-5,10-11H2,1H3,(H2,19,21,23)(H2,20,22,24)/t12-,15-/m1/s1. The van der Waals surface area contributed by atoms with E-state index in [0.29, 0.717) is 22.2 Å². The summed E-state index contributed by atoms with van der Waals surface area (Å²) in [6, 6.07) is 8.27. The highest BCUT2D eigenvalue weighted by Gasteiger charge is 2.21. The minimum Gasteiger partial charge on any atom is -0.361 e. The molecule has 1 aromatic rings. The maximum Gasteiger partial charge on any atom is 0.185 e. The van der Waals surface area contributed by atoms with Gasteiger partial charge in [0.1, 0.15) is 0 Å². The Bertz CT molecular complexity index is 550. The highest BCUT2D eigenvalue weighted by atomic mass is 35.5. The Morgan fingerprint density at radius 2 is 1.75 bits per heavy atom. The molecule has 0 amide bonds. The van der Waals surface area contributed by atoms with E-state index in [1.807, 2.05) is 24.3 Å². The summed E-state index contributed by atoms with van der Waals surface area (Å²) in [6.07, 6.45) is 5.90. The van der Waals surface area contributed by atoms with Gasteiger partial charge < -0.3 is 10.6 Å². The van der Waals surface area contributed by atoms with Crippen molar-refractivity contribution < 1.29 is 0 Å². The van der Waals surface area contributed by atoms with Crippen molar-refractivity contribution in [2.45, 2.75) is 45.1 Å². The van der Waals surface area contributed by atoms with Crippen molar-refractivity contribution in [1.29, 1.82) is 0 Å². The molecule has 4 nitrogen and oxygen atoms in total. The van der Waals surface area contributed by atoms with Crippen molar-refractivity contribution in [3.8, 4) is 0 Å². The summed E-state index contributed by atoms with van der Waals surface area (Å²) in [5, 5.41) is 8.40. The Morgan fingerprint density at radius 3 is 2.46 bits per heavy atom. The normalized spacial score (nSPS) is 20.1. The Morgan fingerprint density at radius 1 is 1.08 bits per heavy atom. The number of hydrogen-bond donors (Lipinski definition) is 4. The second-order valence-corrected chi connectivity index (χ2v) is 7.48. The average molecular weight is 385 g/mol. The molecule has 0 radical (unpaired) electrons. The quantitative estimate of drug-likeness (QED) is 0.472. The van der Waals surface area contributed by atoms with Crippen molar-refractivity contribution in [3.05, 3.63) is 34.9 Å². The van der Waals surface area contributed by atoms with Gasteiger partial charge in [-0.2, -0.15) is 0 Å². The highest BCUT2D eigenvalue weighted by molar-refractivity contribution is 7.80. The van der Waals surface area contributed by atoms with Gasteiger partial charge >= 0.3 is 0 Å². The van der Waals surface area contributed by atoms with Gasteiger partial charge in [-0.3, -0.25) is 10.9 Å². The van der Waals surface area contributed by atoms with Crippen molar-refractivity contribution in [3.63, 3.8) is 0 Å². The van der Waals surface area contributed by atoms with Crippen molar-refractivity contribution in [1.82, 2.24) is 21.5 Å². The zero-order valence-electron chi connectivity index (χ0n) is 13.9. The molecule has 0 aromatic heterocycles. The predicted molar refractivity (Wildman–Crippen MR) is 109 cm³/mol. The van der Waals surface area contributed by atoms with E-state index in [9.17, 15) is 0 Å². The van der Waals surface area contributed by atoms with Crippen LogP contribution in [-0.2, 0) is 6.42 Å². The minimum atomic E-state index is 0.451. The number of halogens is 1. The molecule has 0 aliphatic heterocycles. The fourth-order valence-corrected chi connectivity index (χ4v) is 3.35. The molecule has 0 bridgehead atoms. The molecular formula is C17H25ClN4S2. The molecule has 0 saturated heterocycles. The molecule has 24 heavy (non-hydrogen) atoms. The van der Waals surface area contributed by atoms with Crippen molar-refractivity contribution in [2.24, 2.45) is 5.92 Å². The van der Waals surface area contributed by atoms with Crippen LogP contribution in [0.3, 0.4) is 0 Å². The summed E-state index contributed by atoms with van der Waals surface area (Å²) < 4.78 is 0. The van der Waals surface area contributed by atoms with Crippen LogP contribution < -0.4 is 21.5 Å². The minimum absolute atomic E-state index is 0.451. The summed E-state index contributed by atoms with van der Waals surface area (Å²) in [4.78, 5) is 0. The lowest BCUT2D eigenvalue weighted by molar-refractivity contribution is 0.308. The second kappa shape index (κ2) is 10.0. The first-order valence-corrected chi connectivity index (χ1v) is 9.59. The molecule has 1 aromatic carbocycles. The van der Waals surface area contributed by atoms with Crippen LogP contribution in [0.5, 0.6) is 0 Å². The zero-order chi connectivity index (χ0) is 17.4. The first-order chi connectivity index (χ1) is 11.5. The van der Waals surface area contributed by atoms with Crippen molar-refractivity contribution in [2.75, 3.05) is 6.54 Å². The molecule has 4 N–H and O–H groups in total. The summed E-state index contributed by atoms with van der Waals surface area (Å²) in [7, 11) is 0. The lowest BCUT2D eigenvalue weighted by Gasteiger charge is -2.30. The maximum absolute atomic E-state index is 5.87. The summed E-state index contributed by atoms with van der Waals surface area (Å²) in [5.41, 5.74) is 7.10. The molecule has 0 unspecified atom stereocenters. The zero-order valence-corrected chi connectivity index (χ0v) is 16.3. The molecule has 2 atom stereocenters. The number of nitrogens with one attached hydrogen (secondary N) is 4. The van der Waals surface area contributed by atoms with Crippen molar-refractivity contribution >= 4 is 46.3 Å². The van der Waals surface area contributed by atoms with E-state index in [-0.39, 0.29) is 0 Å². The van der Waals surface area contributed by atoms with E-state index in [1.165, 1.54) is 31.2 Å². The van der Waals surface area contributed by atoms with E-state index in [0.717, 1.165) is 18.0 Å². The molecule has 1 aliphatic rings. The number of rotatable bonds is 4. The molecule has 7 heteroatoms. The summed E-state index contributed by atoms with van der Waals surface area (Å²) >= 11 is 16.4. The predicted octanol–water partition coefficient (Wildman–Crippen LogP) is 3.30. The van der Waals surface area contributed by atoms with Crippen LogP contribution in [0.15, 0.2) is 24.3 Å². The average Bonchev–Trinajstić information content (AvgIpc) is 2.57. The van der Waals surface area contributed by atoms with Gasteiger partial charge in [-0.15, -0.1) is 0 Å². The topological polar surface area (TPSA) is 48.1 Å². The Balaban J connectivity index is 1.60. The second-order valence-electron chi connectivity index (χ2n) is 6.22. The van der Waals surface area contributed by atoms with Crippen LogP contribution in [0.4, 0.5) is 0 Å².